The van der Waals surface area contributed by atoms with E-state index in [1.54, 1.807) is 14.0 Å². The molecular weight excluding hydrogens is 300 g/mol. The summed E-state index contributed by atoms with van der Waals surface area (Å²) < 4.78 is 35.2. The quantitative estimate of drug-likeness (QED) is 0.593. The number of rotatable bonds is 4. The van der Waals surface area contributed by atoms with Gasteiger partial charge in [-0.3, -0.25) is 0 Å². The predicted octanol–water partition coefficient (Wildman–Crippen LogP) is 4.59. The normalized spacial score (nSPS) is 24.4. The molecule has 0 amide bonds. The van der Waals surface area contributed by atoms with E-state index in [1.165, 1.54) is 0 Å². The van der Waals surface area contributed by atoms with Gasteiger partial charge >= 0.3 is 0 Å². The van der Waals surface area contributed by atoms with E-state index in [1.807, 2.05) is 48.8 Å². The molecule has 1 aliphatic heterocycles. The lowest BCUT2D eigenvalue weighted by molar-refractivity contribution is -0.0202. The lowest BCUT2D eigenvalue weighted by Gasteiger charge is -2.38. The van der Waals surface area contributed by atoms with Crippen LogP contribution in [0, 0.1) is 5.92 Å². The molecule has 2 nitrogen and oxygen atoms in total. The van der Waals surface area contributed by atoms with Crippen molar-refractivity contribution >= 4 is 13.8 Å². The SMILES string of the molecule is C=C(C)[C@@H]1CN(c2ccc(OC)cc2)[C@@H]([Si](C)(C)C)C1(F)F. The van der Waals surface area contributed by atoms with E-state index in [0.29, 0.717) is 12.1 Å². The van der Waals surface area contributed by atoms with Gasteiger partial charge in [0.25, 0.3) is 5.92 Å². The molecule has 0 N–H and O–H groups in total. The molecule has 1 aromatic rings. The van der Waals surface area contributed by atoms with Crippen LogP contribution >= 0.6 is 0 Å². The summed E-state index contributed by atoms with van der Waals surface area (Å²) in [6.45, 7) is 11.8. The van der Waals surface area contributed by atoms with Crippen LogP contribution in [0.5, 0.6) is 5.75 Å². The highest BCUT2D eigenvalue weighted by Gasteiger charge is 2.60. The number of ether oxygens (including phenoxy) is 1. The molecule has 0 spiro atoms. The molecule has 0 unspecified atom stereocenters. The molecule has 2 atom stereocenters. The van der Waals surface area contributed by atoms with Crippen molar-refractivity contribution in [3.63, 3.8) is 0 Å². The molecule has 0 aromatic heterocycles. The van der Waals surface area contributed by atoms with E-state index in [2.05, 4.69) is 6.58 Å². The average Bonchev–Trinajstić information content (AvgIpc) is 2.70. The Balaban J connectivity index is 2.45. The van der Waals surface area contributed by atoms with Crippen LogP contribution in [0.3, 0.4) is 0 Å². The highest BCUT2D eigenvalue weighted by atomic mass is 28.3. The van der Waals surface area contributed by atoms with Gasteiger partial charge in [-0.25, -0.2) is 8.78 Å². The molecule has 122 valence electrons. The van der Waals surface area contributed by atoms with Crippen LogP contribution in [0.2, 0.25) is 19.6 Å². The molecule has 0 aliphatic carbocycles. The number of halogens is 2. The Bertz CT molecular complexity index is 551. The second kappa shape index (κ2) is 5.69. The van der Waals surface area contributed by atoms with Crippen molar-refractivity contribution in [1.29, 1.82) is 0 Å². The predicted molar refractivity (Wildman–Crippen MR) is 90.7 cm³/mol. The van der Waals surface area contributed by atoms with Crippen molar-refractivity contribution in [2.24, 2.45) is 5.92 Å². The zero-order valence-electron chi connectivity index (χ0n) is 14.0. The van der Waals surface area contributed by atoms with Gasteiger partial charge in [0.1, 0.15) is 5.75 Å². The summed E-state index contributed by atoms with van der Waals surface area (Å²) in [5.41, 5.74) is 0.663. The first-order valence-electron chi connectivity index (χ1n) is 7.53. The van der Waals surface area contributed by atoms with Gasteiger partial charge in [0.05, 0.1) is 26.8 Å². The summed E-state index contributed by atoms with van der Waals surface area (Å²) >= 11 is 0. The minimum Gasteiger partial charge on any atom is -0.497 e. The molecule has 1 aromatic carbocycles. The molecule has 0 bridgehead atoms. The van der Waals surface area contributed by atoms with Gasteiger partial charge in [-0.05, 0) is 31.2 Å². The van der Waals surface area contributed by atoms with E-state index < -0.39 is 25.6 Å². The third-order valence-electron chi connectivity index (χ3n) is 4.34. The summed E-state index contributed by atoms with van der Waals surface area (Å²) in [7, 11) is -0.513. The van der Waals surface area contributed by atoms with Gasteiger partial charge < -0.3 is 9.64 Å². The number of benzene rings is 1. The van der Waals surface area contributed by atoms with Crippen LogP contribution in [0.25, 0.3) is 0 Å². The van der Waals surface area contributed by atoms with Gasteiger partial charge in [-0.1, -0.05) is 31.8 Å². The molecular formula is C17H25F2NOSi. The topological polar surface area (TPSA) is 12.5 Å². The Hall–Kier alpha value is -1.36. The highest BCUT2D eigenvalue weighted by Crippen LogP contribution is 2.47. The first-order valence-corrected chi connectivity index (χ1v) is 11.1. The Morgan fingerprint density at radius 2 is 1.82 bits per heavy atom. The molecule has 1 saturated heterocycles. The maximum absolute atomic E-state index is 15.0. The molecule has 22 heavy (non-hydrogen) atoms. The number of hydrogen-bond acceptors (Lipinski definition) is 2. The minimum absolute atomic E-state index is 0.323. The second-order valence-corrected chi connectivity index (χ2v) is 12.5. The van der Waals surface area contributed by atoms with Crippen molar-refractivity contribution in [3.8, 4) is 5.75 Å². The van der Waals surface area contributed by atoms with Crippen LogP contribution in [0.1, 0.15) is 6.92 Å². The van der Waals surface area contributed by atoms with Crippen molar-refractivity contribution in [3.05, 3.63) is 36.4 Å². The van der Waals surface area contributed by atoms with Crippen LogP contribution in [0.4, 0.5) is 14.5 Å². The zero-order chi connectivity index (χ0) is 16.7. The molecule has 5 heteroatoms. The number of nitrogens with zero attached hydrogens (tertiary/aromatic N) is 1. The van der Waals surface area contributed by atoms with E-state index in [9.17, 15) is 0 Å². The fraction of sp³-hybridized carbons (Fsp3) is 0.529. The first kappa shape index (κ1) is 17.0. The second-order valence-electron chi connectivity index (χ2n) is 7.19. The number of alkyl halides is 2. The number of hydrogen-bond donors (Lipinski definition) is 0. The Morgan fingerprint density at radius 3 is 2.23 bits per heavy atom. The van der Waals surface area contributed by atoms with Crippen LogP contribution in [0.15, 0.2) is 36.4 Å². The third-order valence-corrected chi connectivity index (χ3v) is 6.68. The molecule has 2 rings (SSSR count). The molecule has 0 radical (unpaired) electrons. The number of anilines is 1. The van der Waals surface area contributed by atoms with Crippen molar-refractivity contribution < 1.29 is 13.5 Å². The molecule has 1 aliphatic rings. The summed E-state index contributed by atoms with van der Waals surface area (Å²) in [6, 6.07) is 7.37. The molecule has 0 saturated carbocycles. The largest absolute Gasteiger partial charge is 0.497 e. The van der Waals surface area contributed by atoms with Gasteiger partial charge in [0.15, 0.2) is 0 Å². The number of methoxy groups -OCH3 is 1. The zero-order valence-corrected chi connectivity index (χ0v) is 15.0. The molecule has 1 fully saturated rings. The lowest BCUT2D eigenvalue weighted by Crippen LogP contribution is -2.56. The maximum Gasteiger partial charge on any atom is 0.273 e. The van der Waals surface area contributed by atoms with Crippen LogP contribution < -0.4 is 9.64 Å². The van der Waals surface area contributed by atoms with Crippen molar-refractivity contribution in [2.45, 2.75) is 38.2 Å². The summed E-state index contributed by atoms with van der Waals surface area (Å²) in [5, 5.41) is 0. The van der Waals surface area contributed by atoms with Gasteiger partial charge in [0, 0.05) is 12.2 Å². The standard InChI is InChI=1S/C17H25F2NOSi/c1-12(2)15-11-20(13-7-9-14(21-3)10-8-13)16(17(15,18)19)22(4,5)6/h7-10,15-16H,1,11H2,2-6H3/t15-,16-/m0/s1. The van der Waals surface area contributed by atoms with Crippen LogP contribution in [-0.4, -0.2) is 33.3 Å². The van der Waals surface area contributed by atoms with E-state index in [-0.39, 0.29) is 0 Å². The van der Waals surface area contributed by atoms with Gasteiger partial charge in [-0.2, -0.15) is 0 Å². The van der Waals surface area contributed by atoms with Crippen LogP contribution in [-0.2, 0) is 0 Å². The Labute approximate surface area is 132 Å². The van der Waals surface area contributed by atoms with Gasteiger partial charge in [-0.15, -0.1) is 0 Å². The van der Waals surface area contributed by atoms with E-state index in [0.717, 1.165) is 11.4 Å². The smallest absolute Gasteiger partial charge is 0.273 e. The maximum atomic E-state index is 15.0. The Kier molecular flexibility index (Phi) is 4.39. The summed E-state index contributed by atoms with van der Waals surface area (Å²) in [6.07, 6.45) is 0. The van der Waals surface area contributed by atoms with Crippen molar-refractivity contribution in [1.82, 2.24) is 0 Å². The lowest BCUT2D eigenvalue weighted by atomic mass is 9.98. The average molecular weight is 325 g/mol. The first-order chi connectivity index (χ1) is 10.1. The summed E-state index contributed by atoms with van der Waals surface area (Å²) in [5.74, 6) is -2.79. The minimum atomic E-state index is -2.74. The fourth-order valence-electron chi connectivity index (χ4n) is 3.38. The Morgan fingerprint density at radius 1 is 1.27 bits per heavy atom. The highest BCUT2D eigenvalue weighted by molar-refractivity contribution is 6.78. The van der Waals surface area contributed by atoms with E-state index >= 15 is 8.78 Å². The van der Waals surface area contributed by atoms with E-state index in [4.69, 9.17) is 4.74 Å². The monoisotopic (exact) mass is 325 g/mol. The molecule has 1 heterocycles. The van der Waals surface area contributed by atoms with Gasteiger partial charge in [0.2, 0.25) is 0 Å². The third kappa shape index (κ3) is 2.91. The van der Waals surface area contributed by atoms with Crippen molar-refractivity contribution in [2.75, 3.05) is 18.6 Å². The summed E-state index contributed by atoms with van der Waals surface area (Å²) in [4.78, 5) is 1.88. The fourth-order valence-corrected chi connectivity index (χ4v) is 5.92.